The molecule has 1 aliphatic rings. The zero-order valence-electron chi connectivity index (χ0n) is 6.83. The number of anilines is 1. The lowest BCUT2D eigenvalue weighted by atomic mass is 10.3. The Bertz CT molecular complexity index is 237. The number of nitrogens with zero attached hydrogens (tertiary/aromatic N) is 3. The number of H-pyrrole nitrogens is 1. The first-order valence-electron chi connectivity index (χ1n) is 3.82. The van der Waals surface area contributed by atoms with Crippen molar-refractivity contribution in [3.63, 3.8) is 0 Å². The van der Waals surface area contributed by atoms with E-state index in [9.17, 15) is 0 Å². The molecule has 2 rings (SSSR count). The maximum absolute atomic E-state index is 4.08. The fourth-order valence-electron chi connectivity index (χ4n) is 1.13. The number of rotatable bonds is 2. The summed E-state index contributed by atoms with van der Waals surface area (Å²) in [4.78, 5) is 6.23. The Balaban J connectivity index is 2.17. The average Bonchev–Trinajstić information content (AvgIpc) is 2.54. The van der Waals surface area contributed by atoms with Crippen molar-refractivity contribution in [1.82, 2.24) is 15.2 Å². The summed E-state index contributed by atoms with van der Waals surface area (Å²) >= 11 is 0. The molecular weight excluding hydrogens is 140 g/mol. The Kier molecular flexibility index (Phi) is 1.19. The minimum absolute atomic E-state index is 0.333. The molecule has 0 unspecified atom stereocenters. The molecule has 4 heteroatoms. The van der Waals surface area contributed by atoms with Crippen LogP contribution in [0.1, 0.15) is 19.8 Å². The first-order chi connectivity index (χ1) is 5.22. The number of hydrogen-bond acceptors (Lipinski definition) is 3. The van der Waals surface area contributed by atoms with Crippen LogP contribution in [0.5, 0.6) is 0 Å². The molecule has 1 aromatic rings. The van der Waals surface area contributed by atoms with Gasteiger partial charge in [0.2, 0.25) is 5.95 Å². The molecule has 1 fully saturated rings. The maximum Gasteiger partial charge on any atom is 0.221 e. The third kappa shape index (κ3) is 0.982. The van der Waals surface area contributed by atoms with E-state index in [0.717, 1.165) is 5.95 Å². The maximum atomic E-state index is 4.08. The van der Waals surface area contributed by atoms with Gasteiger partial charge in [0, 0.05) is 12.6 Å². The topological polar surface area (TPSA) is 44.8 Å². The van der Waals surface area contributed by atoms with Gasteiger partial charge >= 0.3 is 0 Å². The third-order valence-corrected chi connectivity index (χ3v) is 2.50. The summed E-state index contributed by atoms with van der Waals surface area (Å²) in [6.07, 6.45) is 4.05. The first-order valence-corrected chi connectivity index (χ1v) is 3.82. The molecule has 1 aromatic heterocycles. The van der Waals surface area contributed by atoms with E-state index in [1.807, 2.05) is 7.05 Å². The van der Waals surface area contributed by atoms with Gasteiger partial charge in [-0.05, 0) is 19.8 Å². The van der Waals surface area contributed by atoms with Crippen LogP contribution >= 0.6 is 0 Å². The fourth-order valence-corrected chi connectivity index (χ4v) is 1.13. The van der Waals surface area contributed by atoms with Crippen LogP contribution < -0.4 is 4.90 Å². The van der Waals surface area contributed by atoms with Crippen LogP contribution in [0.2, 0.25) is 0 Å². The van der Waals surface area contributed by atoms with Crippen molar-refractivity contribution in [2.75, 3.05) is 11.9 Å². The van der Waals surface area contributed by atoms with Crippen molar-refractivity contribution in [2.45, 2.75) is 25.3 Å². The minimum Gasteiger partial charge on any atom is -0.339 e. The fraction of sp³-hybridized carbons (Fsp3) is 0.714. The van der Waals surface area contributed by atoms with Gasteiger partial charge in [-0.25, -0.2) is 5.10 Å². The summed E-state index contributed by atoms with van der Waals surface area (Å²) in [6.45, 7) is 2.23. The summed E-state index contributed by atoms with van der Waals surface area (Å²) in [6, 6.07) is 0. The summed E-state index contributed by atoms with van der Waals surface area (Å²) in [5, 5.41) is 6.66. The lowest BCUT2D eigenvalue weighted by Gasteiger charge is -2.22. The second kappa shape index (κ2) is 1.96. The number of hydrogen-bond donors (Lipinski definition) is 1. The van der Waals surface area contributed by atoms with Gasteiger partial charge in [0.15, 0.2) is 0 Å². The second-order valence-corrected chi connectivity index (χ2v) is 3.37. The van der Waals surface area contributed by atoms with Crippen molar-refractivity contribution in [1.29, 1.82) is 0 Å². The molecule has 0 amide bonds. The molecular formula is C7H12N4. The molecule has 60 valence electrons. The molecule has 0 aromatic carbocycles. The zero-order valence-corrected chi connectivity index (χ0v) is 6.83. The largest absolute Gasteiger partial charge is 0.339 e. The average molecular weight is 152 g/mol. The van der Waals surface area contributed by atoms with Crippen LogP contribution in [-0.2, 0) is 0 Å². The van der Waals surface area contributed by atoms with Crippen molar-refractivity contribution in [3.05, 3.63) is 6.33 Å². The van der Waals surface area contributed by atoms with Crippen molar-refractivity contribution in [2.24, 2.45) is 0 Å². The Hall–Kier alpha value is -1.06. The molecule has 1 N–H and O–H groups in total. The van der Waals surface area contributed by atoms with Gasteiger partial charge in [0.25, 0.3) is 0 Å². The van der Waals surface area contributed by atoms with Gasteiger partial charge in [0.05, 0.1) is 0 Å². The smallest absolute Gasteiger partial charge is 0.221 e. The predicted octanol–water partition coefficient (Wildman–Crippen LogP) is 0.793. The van der Waals surface area contributed by atoms with E-state index >= 15 is 0 Å². The van der Waals surface area contributed by atoms with Gasteiger partial charge < -0.3 is 4.90 Å². The highest BCUT2D eigenvalue weighted by molar-refractivity contribution is 5.34. The van der Waals surface area contributed by atoms with Gasteiger partial charge in [0.1, 0.15) is 6.33 Å². The van der Waals surface area contributed by atoms with Gasteiger partial charge in [-0.2, -0.15) is 10.1 Å². The van der Waals surface area contributed by atoms with Crippen LogP contribution in [-0.4, -0.2) is 27.8 Å². The Morgan fingerprint density at radius 1 is 1.64 bits per heavy atom. The van der Waals surface area contributed by atoms with Crippen molar-refractivity contribution >= 4 is 5.95 Å². The van der Waals surface area contributed by atoms with Crippen LogP contribution in [0.25, 0.3) is 0 Å². The van der Waals surface area contributed by atoms with E-state index in [2.05, 4.69) is 27.0 Å². The van der Waals surface area contributed by atoms with Crippen molar-refractivity contribution < 1.29 is 0 Å². The van der Waals surface area contributed by atoms with E-state index in [4.69, 9.17) is 0 Å². The molecule has 0 radical (unpaired) electrons. The van der Waals surface area contributed by atoms with Gasteiger partial charge in [-0.3, -0.25) is 0 Å². The third-order valence-electron chi connectivity index (χ3n) is 2.50. The van der Waals surface area contributed by atoms with Crippen molar-refractivity contribution in [3.8, 4) is 0 Å². The second-order valence-electron chi connectivity index (χ2n) is 3.37. The molecule has 1 saturated carbocycles. The number of aromatic nitrogens is 3. The monoisotopic (exact) mass is 152 g/mol. The SMILES string of the molecule is CN(c1ncn[nH]1)C1(C)CC1. The van der Waals surface area contributed by atoms with E-state index < -0.39 is 0 Å². The zero-order chi connectivity index (χ0) is 7.90. The molecule has 1 aliphatic carbocycles. The summed E-state index contributed by atoms with van der Waals surface area (Å²) < 4.78 is 0. The van der Waals surface area contributed by atoms with E-state index in [1.165, 1.54) is 19.2 Å². The van der Waals surface area contributed by atoms with Crippen LogP contribution in [0.3, 0.4) is 0 Å². The summed E-state index contributed by atoms with van der Waals surface area (Å²) in [5.41, 5.74) is 0.333. The van der Waals surface area contributed by atoms with E-state index in [1.54, 1.807) is 0 Å². The molecule has 0 bridgehead atoms. The first kappa shape index (κ1) is 6.64. The number of aromatic amines is 1. The lowest BCUT2D eigenvalue weighted by molar-refractivity contribution is 0.673. The Morgan fingerprint density at radius 2 is 2.36 bits per heavy atom. The van der Waals surface area contributed by atoms with Crippen LogP contribution in [0, 0.1) is 0 Å². The molecule has 0 spiro atoms. The Labute approximate surface area is 65.6 Å². The quantitative estimate of drug-likeness (QED) is 0.681. The highest BCUT2D eigenvalue weighted by atomic mass is 15.4. The normalized spacial score (nSPS) is 19.8. The highest BCUT2D eigenvalue weighted by Crippen LogP contribution is 2.41. The van der Waals surface area contributed by atoms with Gasteiger partial charge in [-0.1, -0.05) is 0 Å². The van der Waals surface area contributed by atoms with Crippen LogP contribution in [0.15, 0.2) is 6.33 Å². The summed E-state index contributed by atoms with van der Waals surface area (Å²) in [5.74, 6) is 0.866. The summed E-state index contributed by atoms with van der Waals surface area (Å²) in [7, 11) is 2.05. The van der Waals surface area contributed by atoms with Gasteiger partial charge in [-0.15, -0.1) is 0 Å². The number of nitrogens with one attached hydrogen (secondary N) is 1. The molecule has 4 nitrogen and oxygen atoms in total. The highest BCUT2D eigenvalue weighted by Gasteiger charge is 2.42. The van der Waals surface area contributed by atoms with Crippen LogP contribution in [0.4, 0.5) is 5.95 Å². The predicted molar refractivity (Wildman–Crippen MR) is 42.4 cm³/mol. The molecule has 11 heavy (non-hydrogen) atoms. The lowest BCUT2D eigenvalue weighted by Crippen LogP contribution is -2.31. The molecule has 0 atom stereocenters. The van der Waals surface area contributed by atoms with E-state index in [-0.39, 0.29) is 0 Å². The standard InChI is InChI=1S/C7H12N4/c1-7(3-4-7)11(2)6-8-5-9-10-6/h5H,3-4H2,1-2H3,(H,8,9,10). The van der Waals surface area contributed by atoms with E-state index in [0.29, 0.717) is 5.54 Å². The molecule has 0 aliphatic heterocycles. The Morgan fingerprint density at radius 3 is 2.82 bits per heavy atom. The molecule has 1 heterocycles. The molecule has 0 saturated heterocycles. The minimum atomic E-state index is 0.333.